The smallest absolute Gasteiger partial charge is 0.342 e. The number of carboxylic acids is 1. The molecule has 2 aliphatic rings. The Morgan fingerprint density at radius 3 is 2.69 bits per heavy atom. The molecule has 5 rings (SSSR count). The second-order valence-electron chi connectivity index (χ2n) is 12.5. The van der Waals surface area contributed by atoms with E-state index in [0.29, 0.717) is 19.3 Å². The Hall–Kier alpha value is -3.88. The fraction of sp³-hybridized carbons (Fsp3) is 0.459. The van der Waals surface area contributed by atoms with Crippen LogP contribution in [0.1, 0.15) is 77.4 Å². The van der Waals surface area contributed by atoms with Crippen molar-refractivity contribution in [2.24, 2.45) is 11.8 Å². The zero-order valence-electron chi connectivity index (χ0n) is 27.7. The fourth-order valence-electron chi connectivity index (χ4n) is 6.84. The Labute approximate surface area is 267 Å². The molecule has 4 atom stereocenters. The summed E-state index contributed by atoms with van der Waals surface area (Å²) in [5.41, 5.74) is 8.56. The highest BCUT2D eigenvalue weighted by atomic mass is 16.5. The molecule has 2 aromatic carbocycles. The molecule has 0 amide bonds. The van der Waals surface area contributed by atoms with E-state index in [0.717, 1.165) is 48.7 Å². The number of hydrogen-bond acceptors (Lipinski definition) is 6. The van der Waals surface area contributed by atoms with Gasteiger partial charge in [-0.3, -0.25) is 4.90 Å². The second kappa shape index (κ2) is 14.0. The predicted octanol–water partition coefficient (Wildman–Crippen LogP) is 7.04. The molecule has 1 aliphatic carbocycles. The lowest BCUT2D eigenvalue weighted by molar-refractivity contribution is 0.0692. The summed E-state index contributed by atoms with van der Waals surface area (Å²) in [4.78, 5) is 14.3. The predicted molar refractivity (Wildman–Crippen MR) is 177 cm³/mol. The minimum absolute atomic E-state index is 0.0496. The summed E-state index contributed by atoms with van der Waals surface area (Å²) in [6, 6.07) is 11.4. The van der Waals surface area contributed by atoms with Gasteiger partial charge in [-0.25, -0.2) is 9.48 Å². The van der Waals surface area contributed by atoms with E-state index in [1.54, 1.807) is 11.8 Å². The normalized spacial score (nSPS) is 20.7. The fourth-order valence-corrected chi connectivity index (χ4v) is 6.84. The molecular weight excluding hydrogens is 566 g/mol. The van der Waals surface area contributed by atoms with Crippen molar-refractivity contribution in [2.75, 3.05) is 26.9 Å². The van der Waals surface area contributed by atoms with Gasteiger partial charge >= 0.3 is 5.97 Å². The number of allylic oxidation sites excluding steroid dienone is 4. The highest BCUT2D eigenvalue weighted by Gasteiger charge is 2.32. The third kappa shape index (κ3) is 6.72. The average Bonchev–Trinajstić information content (AvgIpc) is 3.37. The summed E-state index contributed by atoms with van der Waals surface area (Å²) in [5.74, 6) is 0.432. The highest BCUT2D eigenvalue weighted by molar-refractivity contribution is 5.90. The number of hydrogen-bond donors (Lipinski definition) is 1. The minimum atomic E-state index is -1.05. The molecular formula is C37H47N3O5. The molecule has 0 bridgehead atoms. The van der Waals surface area contributed by atoms with Crippen molar-refractivity contribution in [3.05, 3.63) is 93.7 Å². The van der Waals surface area contributed by atoms with E-state index < -0.39 is 5.97 Å². The Kier molecular flexibility index (Phi) is 10.1. The maximum Gasteiger partial charge on any atom is 0.342 e. The van der Waals surface area contributed by atoms with Crippen LogP contribution in [0.15, 0.2) is 54.8 Å². The van der Waals surface area contributed by atoms with Crippen LogP contribution in [0.4, 0.5) is 0 Å². The number of ether oxygens (including phenoxy) is 3. The summed E-state index contributed by atoms with van der Waals surface area (Å²) < 4.78 is 19.5. The number of benzene rings is 2. The first-order valence-corrected chi connectivity index (χ1v) is 16.0. The van der Waals surface area contributed by atoms with E-state index in [1.165, 1.54) is 28.5 Å². The third-order valence-corrected chi connectivity index (χ3v) is 9.56. The van der Waals surface area contributed by atoms with Gasteiger partial charge in [-0.1, -0.05) is 56.3 Å². The number of aryl methyl sites for hydroxylation is 2. The van der Waals surface area contributed by atoms with Gasteiger partial charge in [0.05, 0.1) is 19.4 Å². The van der Waals surface area contributed by atoms with Gasteiger partial charge in [-0.2, -0.15) is 5.10 Å². The Balaban J connectivity index is 1.36. The lowest BCUT2D eigenvalue weighted by atomic mass is 9.78. The van der Waals surface area contributed by atoms with Crippen LogP contribution in [-0.4, -0.2) is 58.7 Å². The quantitative estimate of drug-likeness (QED) is 0.248. The summed E-state index contributed by atoms with van der Waals surface area (Å²) in [7, 11) is 1.77. The number of aromatic carboxylic acids is 1. The van der Waals surface area contributed by atoms with Crippen LogP contribution in [-0.2, 0) is 24.3 Å². The van der Waals surface area contributed by atoms with Crippen LogP contribution < -0.4 is 9.47 Å². The lowest BCUT2D eigenvalue weighted by Crippen LogP contribution is -2.40. The third-order valence-electron chi connectivity index (χ3n) is 9.56. The minimum Gasteiger partial charge on any atom is -0.488 e. The topological polar surface area (TPSA) is 86.0 Å². The molecule has 0 spiro atoms. The highest BCUT2D eigenvalue weighted by Crippen LogP contribution is 2.43. The Morgan fingerprint density at radius 1 is 1.16 bits per heavy atom. The number of carboxylic acid groups (broad SMARTS) is 1. The van der Waals surface area contributed by atoms with E-state index in [-0.39, 0.29) is 29.2 Å². The van der Waals surface area contributed by atoms with E-state index in [4.69, 9.17) is 14.2 Å². The zero-order valence-corrected chi connectivity index (χ0v) is 27.7. The van der Waals surface area contributed by atoms with Crippen LogP contribution in [0.5, 0.6) is 11.6 Å². The van der Waals surface area contributed by atoms with Gasteiger partial charge < -0.3 is 19.3 Å². The average molecular weight is 614 g/mol. The molecule has 0 saturated heterocycles. The maximum absolute atomic E-state index is 11.8. The first-order valence-electron chi connectivity index (χ1n) is 16.0. The van der Waals surface area contributed by atoms with Crippen molar-refractivity contribution < 1.29 is 24.1 Å². The summed E-state index contributed by atoms with van der Waals surface area (Å²) >= 11 is 0. The molecule has 1 aliphatic heterocycles. The van der Waals surface area contributed by atoms with E-state index >= 15 is 0 Å². The van der Waals surface area contributed by atoms with Gasteiger partial charge in [0.2, 0.25) is 5.88 Å². The lowest BCUT2D eigenvalue weighted by Gasteiger charge is -2.34. The molecule has 8 nitrogen and oxygen atoms in total. The van der Waals surface area contributed by atoms with E-state index in [2.05, 4.69) is 81.0 Å². The van der Waals surface area contributed by atoms with Gasteiger partial charge in [0.25, 0.3) is 0 Å². The van der Waals surface area contributed by atoms with E-state index in [1.807, 2.05) is 19.1 Å². The summed E-state index contributed by atoms with van der Waals surface area (Å²) in [6.45, 7) is 16.4. The van der Waals surface area contributed by atoms with Crippen molar-refractivity contribution >= 4 is 11.7 Å². The number of carbonyl (C=O) groups is 1. The summed E-state index contributed by atoms with van der Waals surface area (Å²) in [5, 5.41) is 14.1. The summed E-state index contributed by atoms with van der Waals surface area (Å²) in [6.07, 6.45) is 8.68. The molecule has 1 aromatic heterocycles. The van der Waals surface area contributed by atoms with Gasteiger partial charge in [0.1, 0.15) is 17.9 Å². The maximum atomic E-state index is 11.8. The first-order chi connectivity index (χ1) is 21.6. The molecule has 0 fully saturated rings. The van der Waals surface area contributed by atoms with Crippen LogP contribution in [0.3, 0.4) is 0 Å². The SMILES string of the molecule is CCOc1c(C(=O)O)cnn1C1=CC=CC(c2cccc(C)c2OCc2cc(C)c3c(c2)CCN(C(C)COC)C3)C(C)C1C. The van der Waals surface area contributed by atoms with Crippen molar-refractivity contribution in [3.8, 4) is 11.6 Å². The van der Waals surface area contributed by atoms with Crippen molar-refractivity contribution in [2.45, 2.75) is 73.1 Å². The number of methoxy groups -OCH3 is 1. The number of fused-ring (bicyclic) bond motifs is 1. The van der Waals surface area contributed by atoms with Gasteiger partial charge in [-0.05, 0) is 73.9 Å². The number of rotatable bonds is 11. The molecule has 240 valence electrons. The molecule has 2 heterocycles. The van der Waals surface area contributed by atoms with Crippen LogP contribution in [0.2, 0.25) is 0 Å². The largest absolute Gasteiger partial charge is 0.488 e. The van der Waals surface area contributed by atoms with Gasteiger partial charge in [0, 0.05) is 49.3 Å². The van der Waals surface area contributed by atoms with Crippen LogP contribution >= 0.6 is 0 Å². The molecule has 8 heteroatoms. The number of nitrogens with zero attached hydrogens (tertiary/aromatic N) is 3. The molecule has 3 aromatic rings. The molecule has 0 radical (unpaired) electrons. The van der Waals surface area contributed by atoms with Crippen molar-refractivity contribution in [1.29, 1.82) is 0 Å². The number of para-hydroxylation sites is 1. The molecule has 4 unspecified atom stereocenters. The number of aromatic nitrogens is 2. The van der Waals surface area contributed by atoms with Gasteiger partial charge in [-0.15, -0.1) is 0 Å². The monoisotopic (exact) mass is 613 g/mol. The Morgan fingerprint density at radius 2 is 1.96 bits per heavy atom. The van der Waals surface area contributed by atoms with Crippen molar-refractivity contribution in [1.82, 2.24) is 14.7 Å². The molecule has 0 saturated carbocycles. The second-order valence-corrected chi connectivity index (χ2v) is 12.5. The Bertz CT molecular complexity index is 1590. The van der Waals surface area contributed by atoms with Crippen LogP contribution in [0.25, 0.3) is 5.70 Å². The molecule has 1 N–H and O–H groups in total. The standard InChI is InChI=1S/C37H47N3O5/c1-8-44-36-32(37(41)42)19-38-40(36)34-14-10-12-30(26(5)27(34)6)31-13-9-11-23(2)35(31)45-22-28-17-24(3)33-20-39(25(4)21-43-7)16-15-29(33)18-28/h9-14,17-19,25-27,30H,8,15-16,20-22H2,1-7H3,(H,41,42). The zero-order chi connectivity index (χ0) is 32.2. The van der Waals surface area contributed by atoms with Gasteiger partial charge in [0.15, 0.2) is 0 Å². The van der Waals surface area contributed by atoms with Crippen LogP contribution in [0, 0.1) is 25.7 Å². The van der Waals surface area contributed by atoms with E-state index in [9.17, 15) is 9.90 Å². The first kappa shape index (κ1) is 32.5. The van der Waals surface area contributed by atoms with Crippen molar-refractivity contribution in [3.63, 3.8) is 0 Å². The molecule has 45 heavy (non-hydrogen) atoms.